The summed E-state index contributed by atoms with van der Waals surface area (Å²) < 4.78 is -0.413. The van der Waals surface area contributed by atoms with Crippen LogP contribution >= 0.6 is 4.20 Å². The summed E-state index contributed by atoms with van der Waals surface area (Å²) in [7, 11) is 1.02. The number of hydrogen-bond donors (Lipinski definition) is 0. The Morgan fingerprint density at radius 3 is 1.88 bits per heavy atom. The van der Waals surface area contributed by atoms with E-state index in [-0.39, 0.29) is 0 Å². The van der Waals surface area contributed by atoms with Crippen LogP contribution < -0.4 is 0 Å². The Kier molecular flexibility index (Phi) is 6.76. The van der Waals surface area contributed by atoms with Crippen molar-refractivity contribution in [2.45, 2.75) is 13.8 Å². The first-order valence-corrected chi connectivity index (χ1v) is 15.4. The van der Waals surface area contributed by atoms with E-state index in [4.69, 9.17) is 0 Å². The Hall–Kier alpha value is 2.47. The number of hydrogen-bond acceptors (Lipinski definition) is 0. The molecule has 4 heteroatoms. The quantitative estimate of drug-likeness (QED) is 0.526. The molecule has 0 radical (unpaired) electrons. The second-order valence-electron chi connectivity index (χ2n) is 1.63. The first-order chi connectivity index (χ1) is 3.68. The molecule has 0 aliphatic carbocycles. The van der Waals surface area contributed by atoms with Gasteiger partial charge in [-0.05, 0) is 0 Å². The summed E-state index contributed by atoms with van der Waals surface area (Å²) >= 11 is 4.86. The van der Waals surface area contributed by atoms with Gasteiger partial charge in [-0.2, -0.15) is 0 Å². The van der Waals surface area contributed by atoms with Crippen molar-refractivity contribution in [3.63, 3.8) is 0 Å². The molecule has 0 nitrogen and oxygen atoms in total. The minimum atomic E-state index is -0.413. The third-order valence-electron chi connectivity index (χ3n) is 1.30. The van der Waals surface area contributed by atoms with Crippen molar-refractivity contribution in [1.82, 2.24) is 0 Å². The van der Waals surface area contributed by atoms with Gasteiger partial charge in [0.25, 0.3) is 0 Å². The van der Waals surface area contributed by atoms with Gasteiger partial charge in [-0.15, -0.1) is 0 Å². The molecule has 0 aliphatic heterocycles. The molecule has 0 spiro atoms. The van der Waals surface area contributed by atoms with Crippen molar-refractivity contribution in [3.8, 4) is 0 Å². The third-order valence-corrected chi connectivity index (χ3v) is 39.6. The zero-order chi connectivity index (χ0) is 6.62. The molecule has 0 bridgehead atoms. The van der Waals surface area contributed by atoms with Crippen molar-refractivity contribution in [2.24, 2.45) is 0 Å². The van der Waals surface area contributed by atoms with Crippen molar-refractivity contribution < 1.29 is 0 Å². The molecule has 0 fully saturated rings. The summed E-state index contributed by atoms with van der Waals surface area (Å²) in [6.07, 6.45) is 2.88. The molecule has 0 unspecified atom stereocenters. The van der Waals surface area contributed by atoms with Crippen molar-refractivity contribution in [1.29, 1.82) is 0 Å². The molecule has 0 atom stereocenters. The summed E-state index contributed by atoms with van der Waals surface area (Å²) in [6, 6.07) is 0. The van der Waals surface area contributed by atoms with Crippen LogP contribution in [-0.4, -0.2) is 62.9 Å². The first-order valence-electron chi connectivity index (χ1n) is 2.82. The van der Waals surface area contributed by atoms with Crippen LogP contribution in [0.3, 0.4) is 0 Å². The van der Waals surface area contributed by atoms with Crippen LogP contribution in [0.4, 0.5) is 0 Å². The standard InChI is InChI=1S/C4H11PSe2.Na/c1-3-5(6,7)4-2;/h3-4H2,1-2H3,(H,6,7);/q;+1/p-1. The van der Waals surface area contributed by atoms with E-state index in [2.05, 4.69) is 28.9 Å². The summed E-state index contributed by atoms with van der Waals surface area (Å²) in [4.78, 5) is 0. The monoisotopic (exact) mass is 272 g/mol. The summed E-state index contributed by atoms with van der Waals surface area (Å²) in [6.45, 7) is 4.65. The fourth-order valence-electron chi connectivity index (χ4n) is 0.482. The Morgan fingerprint density at radius 1 is 1.50 bits per heavy atom. The van der Waals surface area contributed by atoms with Gasteiger partial charge in [-0.25, -0.2) is 0 Å². The van der Waals surface area contributed by atoms with E-state index in [1.54, 1.807) is 0 Å². The van der Waals surface area contributed by atoms with E-state index in [1.165, 1.54) is 37.7 Å². The molecule has 0 amide bonds. The van der Waals surface area contributed by atoms with E-state index in [0.29, 0.717) is 0 Å². The van der Waals surface area contributed by atoms with E-state index in [1.807, 2.05) is 0 Å². The van der Waals surface area contributed by atoms with Gasteiger partial charge in [0.1, 0.15) is 0 Å². The summed E-state index contributed by atoms with van der Waals surface area (Å²) in [5, 5.41) is 0. The SMILES string of the molecule is CCP(=[Se])(CC)[Se][Na]. The molecule has 8 heavy (non-hydrogen) atoms. The molecule has 0 N–H and O–H groups in total. The Bertz CT molecular complexity index is 85.2. The van der Waals surface area contributed by atoms with Crippen LogP contribution in [0.15, 0.2) is 0 Å². The van der Waals surface area contributed by atoms with Crippen LogP contribution in [0.2, 0.25) is 0 Å². The molecule has 0 saturated heterocycles. The van der Waals surface area contributed by atoms with E-state index in [9.17, 15) is 0 Å². The fraction of sp³-hybridized carbons (Fsp3) is 1.00. The van der Waals surface area contributed by atoms with E-state index < -0.39 is 4.20 Å². The van der Waals surface area contributed by atoms with Gasteiger partial charge < -0.3 is 0 Å². The Balaban J connectivity index is 3.79. The molecule has 44 valence electrons. The van der Waals surface area contributed by atoms with E-state index >= 15 is 0 Å². The zero-order valence-electron chi connectivity index (χ0n) is 5.68. The Morgan fingerprint density at radius 2 is 1.88 bits per heavy atom. The van der Waals surface area contributed by atoms with Crippen LogP contribution in [0.1, 0.15) is 13.8 Å². The molecule has 0 aromatic heterocycles. The molecule has 0 aromatic rings. The molecule has 0 aromatic carbocycles. The van der Waals surface area contributed by atoms with E-state index in [0.717, 1.165) is 10.1 Å². The average molecular weight is 270 g/mol. The topological polar surface area (TPSA) is 0 Å². The Labute approximate surface area is 79.8 Å². The van der Waals surface area contributed by atoms with Gasteiger partial charge in [-0.3, -0.25) is 0 Å². The molecular formula is C4H10NaPSe2. The van der Waals surface area contributed by atoms with Gasteiger partial charge >= 0.3 is 80.9 Å². The summed E-state index contributed by atoms with van der Waals surface area (Å²) in [5.41, 5.74) is 0. The van der Waals surface area contributed by atoms with Crippen molar-refractivity contribution in [2.75, 3.05) is 12.3 Å². The van der Waals surface area contributed by atoms with Crippen molar-refractivity contribution in [3.05, 3.63) is 0 Å². The van der Waals surface area contributed by atoms with Gasteiger partial charge in [0, 0.05) is 0 Å². The third kappa shape index (κ3) is 3.59. The van der Waals surface area contributed by atoms with Crippen LogP contribution in [0.25, 0.3) is 0 Å². The average Bonchev–Trinajstić information content (AvgIpc) is 1.87. The normalized spacial score (nSPS) is 12.0. The molecular weight excluding hydrogens is 260 g/mol. The van der Waals surface area contributed by atoms with Gasteiger partial charge in [0.05, 0.1) is 0 Å². The summed E-state index contributed by atoms with van der Waals surface area (Å²) in [5.74, 6) is 0. The van der Waals surface area contributed by atoms with Crippen LogP contribution in [-0.2, 0) is 0 Å². The van der Waals surface area contributed by atoms with Crippen LogP contribution in [0, 0.1) is 0 Å². The van der Waals surface area contributed by atoms with Crippen LogP contribution in [0.5, 0.6) is 0 Å². The van der Waals surface area contributed by atoms with Gasteiger partial charge in [0.15, 0.2) is 0 Å². The van der Waals surface area contributed by atoms with Crippen molar-refractivity contribution >= 4 is 54.7 Å². The maximum atomic E-state index is 3.41. The second kappa shape index (κ2) is 5.16. The molecule has 0 heterocycles. The second-order valence-corrected chi connectivity index (χ2v) is 25.2. The molecule has 0 aliphatic rings. The number of rotatable bonds is 3. The maximum absolute atomic E-state index is 3.41. The molecule has 0 saturated carbocycles. The minimum absolute atomic E-state index is 0.413. The fourth-order valence-corrected chi connectivity index (χ4v) is 12.7. The zero-order valence-corrected chi connectivity index (χ0v) is 12.0. The van der Waals surface area contributed by atoms with Gasteiger partial charge in [0.2, 0.25) is 0 Å². The molecule has 0 rings (SSSR count). The predicted molar refractivity (Wildman–Crippen MR) is 45.3 cm³/mol. The van der Waals surface area contributed by atoms with Gasteiger partial charge in [-0.1, -0.05) is 0 Å². The first kappa shape index (κ1) is 10.5. The predicted octanol–water partition coefficient (Wildman–Crippen LogP) is 0.830.